The zero-order valence-electron chi connectivity index (χ0n) is 12.0. The van der Waals surface area contributed by atoms with E-state index in [2.05, 4.69) is 5.32 Å². The summed E-state index contributed by atoms with van der Waals surface area (Å²) in [5.74, 6) is 0. The van der Waals surface area contributed by atoms with Crippen LogP contribution < -0.4 is 9.96 Å². The average molecular weight is 284 g/mol. The molecule has 0 spiro atoms. The molecule has 3 N–H and O–H groups in total. The normalized spacial score (nSPS) is 15.4. The van der Waals surface area contributed by atoms with Gasteiger partial charge in [-0.1, -0.05) is 6.92 Å². The van der Waals surface area contributed by atoms with E-state index in [0.29, 0.717) is 5.69 Å². The summed E-state index contributed by atoms with van der Waals surface area (Å²) in [5, 5.41) is 33.9. The minimum absolute atomic E-state index is 0.0252. The van der Waals surface area contributed by atoms with E-state index >= 15 is 0 Å². The third kappa shape index (κ3) is 4.16. The number of likely N-dealkylation sites (N-methyl/N-ethyl adjacent to an activating group) is 1. The number of nitro benzene ring substituents is 1. The van der Waals surface area contributed by atoms with Crippen molar-refractivity contribution in [3.05, 3.63) is 28.3 Å². The summed E-state index contributed by atoms with van der Waals surface area (Å²) in [5.41, 5.74) is 0.619. The molecule has 0 aromatic heterocycles. The number of aliphatic hydroxyl groups excluding tert-OH is 1. The Kier molecular flexibility index (Phi) is 5.43. The number of rotatable bonds is 7. The number of anilines is 1. The molecule has 0 amide bonds. The van der Waals surface area contributed by atoms with Crippen molar-refractivity contribution < 1.29 is 15.2 Å². The van der Waals surface area contributed by atoms with E-state index in [1.54, 1.807) is 6.07 Å². The van der Waals surface area contributed by atoms with E-state index < -0.39 is 15.7 Å². The number of hydrogen-bond acceptors (Lipinski definition) is 5. The molecule has 0 fully saturated rings. The highest BCUT2D eigenvalue weighted by atomic mass is 16.6. The van der Waals surface area contributed by atoms with Gasteiger partial charge in [-0.2, -0.15) is 0 Å². The Bertz CT molecular complexity index is 475. The van der Waals surface area contributed by atoms with Crippen LogP contribution in [0.4, 0.5) is 17.1 Å². The Labute approximate surface area is 118 Å². The predicted octanol–water partition coefficient (Wildman–Crippen LogP) is 2.12. The molecule has 0 aliphatic heterocycles. The first-order chi connectivity index (χ1) is 9.27. The molecule has 1 aromatic carbocycles. The number of quaternary nitrogens is 1. The van der Waals surface area contributed by atoms with Gasteiger partial charge in [0.2, 0.25) is 5.69 Å². The van der Waals surface area contributed by atoms with Crippen molar-refractivity contribution in [1.29, 1.82) is 0 Å². The lowest BCUT2D eigenvalue weighted by Crippen LogP contribution is -2.46. The van der Waals surface area contributed by atoms with Crippen LogP contribution in [-0.2, 0) is 0 Å². The first kappa shape index (κ1) is 16.4. The molecule has 0 bridgehead atoms. The van der Waals surface area contributed by atoms with Crippen molar-refractivity contribution in [1.82, 2.24) is 4.65 Å². The van der Waals surface area contributed by atoms with Gasteiger partial charge in [-0.25, -0.2) is 5.21 Å². The summed E-state index contributed by atoms with van der Waals surface area (Å²) in [6.07, 6.45) is 0.133. The zero-order valence-corrected chi connectivity index (χ0v) is 12.0. The Hall–Kier alpha value is -1.70. The molecule has 0 radical (unpaired) electrons. The molecule has 0 aliphatic rings. The van der Waals surface area contributed by atoms with Gasteiger partial charge in [0.1, 0.15) is 19.7 Å². The van der Waals surface area contributed by atoms with Gasteiger partial charge in [0, 0.05) is 24.4 Å². The quantitative estimate of drug-likeness (QED) is 0.405. The zero-order chi connectivity index (χ0) is 15.3. The number of hydroxylamine groups is 2. The van der Waals surface area contributed by atoms with E-state index in [1.807, 2.05) is 6.92 Å². The molecule has 0 aliphatic carbocycles. The van der Waals surface area contributed by atoms with E-state index in [4.69, 9.17) is 0 Å². The highest BCUT2D eigenvalue weighted by molar-refractivity contribution is 5.66. The van der Waals surface area contributed by atoms with Gasteiger partial charge >= 0.3 is 5.69 Å². The van der Waals surface area contributed by atoms with E-state index in [1.165, 1.54) is 26.1 Å². The van der Waals surface area contributed by atoms with Crippen LogP contribution in [0.15, 0.2) is 18.2 Å². The van der Waals surface area contributed by atoms with Gasteiger partial charge in [0.25, 0.3) is 0 Å². The van der Waals surface area contributed by atoms with Crippen molar-refractivity contribution >= 4 is 17.1 Å². The fourth-order valence-electron chi connectivity index (χ4n) is 2.07. The number of nitrogens with zero attached hydrogens (tertiary/aromatic N) is 2. The maximum atomic E-state index is 11.2. The second-order valence-electron chi connectivity index (χ2n) is 5.06. The topological polar surface area (TPSA) is 95.6 Å². The molecular formula is C13H22N3O4+. The summed E-state index contributed by atoms with van der Waals surface area (Å²) in [7, 11) is 1.41. The van der Waals surface area contributed by atoms with Crippen molar-refractivity contribution in [3.63, 3.8) is 0 Å². The van der Waals surface area contributed by atoms with Gasteiger partial charge in [-0.15, -0.1) is 4.65 Å². The fourth-order valence-corrected chi connectivity index (χ4v) is 2.07. The fraction of sp³-hybridized carbons (Fsp3) is 0.538. The number of benzene rings is 1. The number of nitrogens with one attached hydrogen (secondary N) is 1. The van der Waals surface area contributed by atoms with Crippen molar-refractivity contribution in [2.75, 3.05) is 25.5 Å². The largest absolute Gasteiger partial charge is 0.387 e. The van der Waals surface area contributed by atoms with Crippen LogP contribution in [0.2, 0.25) is 0 Å². The van der Waals surface area contributed by atoms with Crippen LogP contribution in [0, 0.1) is 10.1 Å². The van der Waals surface area contributed by atoms with Crippen LogP contribution in [0.3, 0.4) is 0 Å². The monoisotopic (exact) mass is 284 g/mol. The third-order valence-electron chi connectivity index (χ3n) is 2.89. The molecule has 2 atom stereocenters. The van der Waals surface area contributed by atoms with Crippen LogP contribution in [0.25, 0.3) is 0 Å². The summed E-state index contributed by atoms with van der Waals surface area (Å²) in [6, 6.07) is 4.60. The van der Waals surface area contributed by atoms with Gasteiger partial charge < -0.3 is 10.4 Å². The Morgan fingerprint density at radius 1 is 1.50 bits per heavy atom. The minimum Gasteiger partial charge on any atom is -0.387 e. The lowest BCUT2D eigenvalue weighted by Gasteiger charge is -2.25. The van der Waals surface area contributed by atoms with Gasteiger partial charge in [0.15, 0.2) is 0 Å². The molecule has 7 nitrogen and oxygen atoms in total. The smallest absolute Gasteiger partial charge is 0.334 e. The van der Waals surface area contributed by atoms with Crippen molar-refractivity contribution in [2.45, 2.75) is 26.4 Å². The molecule has 1 rings (SSSR count). The second kappa shape index (κ2) is 6.65. The maximum absolute atomic E-state index is 11.2. The maximum Gasteiger partial charge on any atom is 0.334 e. The van der Waals surface area contributed by atoms with Crippen molar-refractivity contribution in [2.24, 2.45) is 0 Å². The van der Waals surface area contributed by atoms with Crippen LogP contribution in [0.1, 0.15) is 20.3 Å². The van der Waals surface area contributed by atoms with E-state index in [9.17, 15) is 20.4 Å². The van der Waals surface area contributed by atoms with Gasteiger partial charge in [-0.3, -0.25) is 10.1 Å². The Balaban J connectivity index is 3.16. The molecule has 0 saturated carbocycles. The first-order valence-corrected chi connectivity index (χ1v) is 6.57. The standard InChI is InChI=1S/C13H22N3O4/c1-4-7-14-11-5-6-13(12(8-11)15(18)19)16(3,20)9-10(2)17/h5-6,8,10,14,17,20H,4,7,9H2,1-3H3/q+1. The number of hydrogen-bond donors (Lipinski definition) is 3. The van der Waals surface area contributed by atoms with Crippen LogP contribution >= 0.6 is 0 Å². The lowest BCUT2D eigenvalue weighted by atomic mass is 10.2. The third-order valence-corrected chi connectivity index (χ3v) is 2.89. The number of nitro groups is 1. The summed E-state index contributed by atoms with van der Waals surface area (Å²) in [6.45, 7) is 4.22. The second-order valence-corrected chi connectivity index (χ2v) is 5.06. The lowest BCUT2D eigenvalue weighted by molar-refractivity contribution is -0.385. The molecule has 112 valence electrons. The Morgan fingerprint density at radius 2 is 2.15 bits per heavy atom. The minimum atomic E-state index is -0.775. The molecule has 20 heavy (non-hydrogen) atoms. The number of aliphatic hydroxyl groups is 1. The Morgan fingerprint density at radius 3 is 2.65 bits per heavy atom. The molecule has 2 unspecified atom stereocenters. The molecule has 0 heterocycles. The highest BCUT2D eigenvalue weighted by Crippen LogP contribution is 2.33. The predicted molar refractivity (Wildman–Crippen MR) is 77.9 cm³/mol. The van der Waals surface area contributed by atoms with Crippen LogP contribution in [-0.4, -0.2) is 41.5 Å². The molecule has 1 aromatic rings. The van der Waals surface area contributed by atoms with E-state index in [0.717, 1.165) is 13.0 Å². The van der Waals surface area contributed by atoms with Crippen molar-refractivity contribution in [3.8, 4) is 0 Å². The van der Waals surface area contributed by atoms with Gasteiger partial charge in [0.05, 0.1) is 4.92 Å². The van der Waals surface area contributed by atoms with Crippen LogP contribution in [0.5, 0.6) is 0 Å². The highest BCUT2D eigenvalue weighted by Gasteiger charge is 2.33. The summed E-state index contributed by atoms with van der Waals surface area (Å²) >= 11 is 0. The summed E-state index contributed by atoms with van der Waals surface area (Å²) in [4.78, 5) is 10.6. The first-order valence-electron chi connectivity index (χ1n) is 6.57. The van der Waals surface area contributed by atoms with Gasteiger partial charge in [-0.05, 0) is 19.4 Å². The average Bonchev–Trinajstić information content (AvgIpc) is 2.34. The SMILES string of the molecule is CCCNc1ccc([N+](C)(O)CC(C)O)c([N+](=O)[O-])c1. The summed E-state index contributed by atoms with van der Waals surface area (Å²) < 4.78 is -0.734. The molecular weight excluding hydrogens is 262 g/mol. The molecule has 7 heteroatoms. The van der Waals surface area contributed by atoms with E-state index in [-0.39, 0.29) is 17.9 Å². The molecule has 0 saturated heterocycles.